The fourth-order valence-corrected chi connectivity index (χ4v) is 2.35. The number of azo groups is 1. The molecule has 6 heteroatoms. The van der Waals surface area contributed by atoms with E-state index in [4.69, 9.17) is 0 Å². The molecule has 0 spiro atoms. The van der Waals surface area contributed by atoms with Crippen LogP contribution >= 0.6 is 0 Å². The van der Waals surface area contributed by atoms with Gasteiger partial charge < -0.3 is 10.0 Å². The van der Waals surface area contributed by atoms with Crippen LogP contribution in [0.3, 0.4) is 0 Å². The van der Waals surface area contributed by atoms with E-state index in [-0.39, 0.29) is 24.0 Å². The van der Waals surface area contributed by atoms with Gasteiger partial charge in [-0.2, -0.15) is 5.11 Å². The zero-order chi connectivity index (χ0) is 19.1. The van der Waals surface area contributed by atoms with E-state index >= 15 is 0 Å². The van der Waals surface area contributed by atoms with Gasteiger partial charge in [0.05, 0.1) is 12.7 Å². The van der Waals surface area contributed by atoms with Crippen LogP contribution in [-0.4, -0.2) is 28.1 Å². The minimum atomic E-state index is -0.242. The van der Waals surface area contributed by atoms with Crippen LogP contribution < -0.4 is 0 Å². The highest BCUT2D eigenvalue weighted by molar-refractivity contribution is 6.01. The molecular weight excluding hydrogens is 342 g/mol. The lowest BCUT2D eigenvalue weighted by molar-refractivity contribution is -0.110. The maximum Gasteiger partial charge on any atom is 0.238 e. The smallest absolute Gasteiger partial charge is 0.238 e. The van der Waals surface area contributed by atoms with Gasteiger partial charge in [-0.05, 0) is 42.0 Å². The molecule has 1 aromatic rings. The van der Waals surface area contributed by atoms with Crippen LogP contribution in [0.5, 0.6) is 0 Å². The molecule has 3 rings (SSSR count). The number of hydrogen-bond acceptors (Lipinski definition) is 6. The third-order valence-electron chi connectivity index (χ3n) is 3.81. The first-order chi connectivity index (χ1) is 13.1. The molecule has 0 saturated heterocycles. The number of allylic oxidation sites excluding steroid dienone is 8. The SMILES string of the molecule is O=C1C=CC(=CN=NC(O)=C2C=CN(CC(=O)c3ccccc3)C=C2)C=C1. The molecule has 0 atom stereocenters. The van der Waals surface area contributed by atoms with Gasteiger partial charge in [0, 0.05) is 23.5 Å². The Morgan fingerprint density at radius 1 is 1.00 bits per heavy atom. The lowest BCUT2D eigenvalue weighted by atomic mass is 10.1. The minimum Gasteiger partial charge on any atom is -0.492 e. The van der Waals surface area contributed by atoms with E-state index in [2.05, 4.69) is 10.2 Å². The molecule has 1 N–H and O–H groups in total. The van der Waals surface area contributed by atoms with Crippen LogP contribution in [0.25, 0.3) is 0 Å². The second kappa shape index (κ2) is 8.53. The number of carbonyl (C=O) groups is 2. The van der Waals surface area contributed by atoms with E-state index < -0.39 is 0 Å². The summed E-state index contributed by atoms with van der Waals surface area (Å²) in [5.41, 5.74) is 1.83. The molecule has 0 aromatic heterocycles. The molecule has 134 valence electrons. The summed E-state index contributed by atoms with van der Waals surface area (Å²) in [5.74, 6) is -0.324. The van der Waals surface area contributed by atoms with Crippen LogP contribution in [0.15, 0.2) is 113 Å². The van der Waals surface area contributed by atoms with E-state index in [1.165, 1.54) is 18.4 Å². The van der Waals surface area contributed by atoms with Gasteiger partial charge in [-0.3, -0.25) is 9.59 Å². The van der Waals surface area contributed by atoms with Crippen molar-refractivity contribution in [2.24, 2.45) is 10.2 Å². The lowest BCUT2D eigenvalue weighted by Gasteiger charge is -2.17. The molecule has 1 heterocycles. The number of carbonyl (C=O) groups excluding carboxylic acids is 2. The van der Waals surface area contributed by atoms with E-state index in [1.807, 2.05) is 18.2 Å². The molecule has 0 saturated carbocycles. The van der Waals surface area contributed by atoms with Gasteiger partial charge in [-0.25, -0.2) is 0 Å². The number of ketones is 2. The van der Waals surface area contributed by atoms with Crippen LogP contribution in [-0.2, 0) is 4.79 Å². The summed E-state index contributed by atoms with van der Waals surface area (Å²) in [4.78, 5) is 24.9. The molecule has 1 aliphatic carbocycles. The predicted octanol–water partition coefficient (Wildman–Crippen LogP) is 4.01. The zero-order valence-corrected chi connectivity index (χ0v) is 14.4. The second-order valence-corrected chi connectivity index (χ2v) is 5.79. The monoisotopic (exact) mass is 359 g/mol. The summed E-state index contributed by atoms with van der Waals surface area (Å²) in [7, 11) is 0. The van der Waals surface area contributed by atoms with Crippen molar-refractivity contribution in [2.45, 2.75) is 0 Å². The highest BCUT2D eigenvalue weighted by atomic mass is 16.3. The summed E-state index contributed by atoms with van der Waals surface area (Å²) in [6.07, 6.45) is 14.2. The Labute approximate surface area is 156 Å². The molecular formula is C21H17N3O3. The first-order valence-electron chi connectivity index (χ1n) is 8.26. The van der Waals surface area contributed by atoms with E-state index in [0.29, 0.717) is 16.7 Å². The molecule has 1 aromatic carbocycles. The van der Waals surface area contributed by atoms with Gasteiger partial charge in [0.25, 0.3) is 0 Å². The minimum absolute atomic E-state index is 0.0000585. The fraction of sp³-hybridized carbons (Fsp3) is 0.0476. The van der Waals surface area contributed by atoms with E-state index in [9.17, 15) is 14.7 Å². The van der Waals surface area contributed by atoms with Gasteiger partial charge in [0.1, 0.15) is 0 Å². The number of Topliss-reactive ketones (excluding diaryl/α,β-unsaturated/α-hetero) is 1. The van der Waals surface area contributed by atoms with Crippen molar-refractivity contribution in [1.82, 2.24) is 4.90 Å². The van der Waals surface area contributed by atoms with Crippen LogP contribution in [0.1, 0.15) is 10.4 Å². The number of rotatable bonds is 5. The highest BCUT2D eigenvalue weighted by Crippen LogP contribution is 2.15. The number of aliphatic hydroxyl groups is 1. The Kier molecular flexibility index (Phi) is 5.69. The van der Waals surface area contributed by atoms with Crippen molar-refractivity contribution in [2.75, 3.05) is 6.54 Å². The average Bonchev–Trinajstić information content (AvgIpc) is 2.70. The van der Waals surface area contributed by atoms with Crippen molar-refractivity contribution in [1.29, 1.82) is 0 Å². The highest BCUT2D eigenvalue weighted by Gasteiger charge is 2.11. The molecule has 0 amide bonds. The molecule has 6 nitrogen and oxygen atoms in total. The van der Waals surface area contributed by atoms with Gasteiger partial charge in [0.2, 0.25) is 5.88 Å². The molecule has 0 fully saturated rings. The quantitative estimate of drug-likeness (QED) is 0.489. The Balaban J connectivity index is 1.59. The van der Waals surface area contributed by atoms with Crippen molar-refractivity contribution < 1.29 is 14.7 Å². The van der Waals surface area contributed by atoms with Crippen LogP contribution in [0.4, 0.5) is 0 Å². The number of hydrogen-bond donors (Lipinski definition) is 1. The standard InChI is InChI=1S/C21H17N3O3/c25-19-8-6-16(7-9-19)14-22-23-21(27)18-10-12-24(13-11-18)15-20(26)17-4-2-1-3-5-17/h1-14,27H,15H2. The maximum absolute atomic E-state index is 12.2. The summed E-state index contributed by atoms with van der Waals surface area (Å²) >= 11 is 0. The number of nitrogens with zero attached hydrogens (tertiary/aromatic N) is 3. The number of benzene rings is 1. The Morgan fingerprint density at radius 3 is 2.33 bits per heavy atom. The van der Waals surface area contributed by atoms with Crippen molar-refractivity contribution in [3.63, 3.8) is 0 Å². The molecule has 27 heavy (non-hydrogen) atoms. The van der Waals surface area contributed by atoms with E-state index in [0.717, 1.165) is 0 Å². The van der Waals surface area contributed by atoms with Gasteiger partial charge in [0.15, 0.2) is 11.6 Å². The van der Waals surface area contributed by atoms with Gasteiger partial charge in [-0.1, -0.05) is 30.3 Å². The third kappa shape index (κ3) is 5.09. The first kappa shape index (κ1) is 18.0. The summed E-state index contributed by atoms with van der Waals surface area (Å²) in [6, 6.07) is 9.06. The van der Waals surface area contributed by atoms with Crippen molar-refractivity contribution in [3.8, 4) is 0 Å². The Hall–Kier alpha value is -3.80. The molecule has 0 radical (unpaired) electrons. The average molecular weight is 359 g/mol. The van der Waals surface area contributed by atoms with Crippen LogP contribution in [0.2, 0.25) is 0 Å². The zero-order valence-electron chi connectivity index (χ0n) is 14.4. The van der Waals surface area contributed by atoms with Crippen molar-refractivity contribution >= 4 is 11.6 Å². The topological polar surface area (TPSA) is 82.3 Å². The lowest BCUT2D eigenvalue weighted by Crippen LogP contribution is -2.21. The Morgan fingerprint density at radius 2 is 1.67 bits per heavy atom. The predicted molar refractivity (Wildman–Crippen MR) is 102 cm³/mol. The number of aliphatic hydroxyl groups excluding tert-OH is 1. The molecule has 0 unspecified atom stereocenters. The van der Waals surface area contributed by atoms with Gasteiger partial charge in [-0.15, -0.1) is 5.11 Å². The van der Waals surface area contributed by atoms with E-state index in [1.54, 1.807) is 53.7 Å². The molecule has 1 aliphatic heterocycles. The maximum atomic E-state index is 12.2. The molecule has 0 bridgehead atoms. The molecule has 2 aliphatic rings. The fourth-order valence-electron chi connectivity index (χ4n) is 2.35. The summed E-state index contributed by atoms with van der Waals surface area (Å²) in [5, 5.41) is 17.5. The Bertz CT molecular complexity index is 914. The normalized spacial score (nSPS) is 15.7. The van der Waals surface area contributed by atoms with Gasteiger partial charge >= 0.3 is 0 Å². The largest absolute Gasteiger partial charge is 0.492 e. The summed E-state index contributed by atoms with van der Waals surface area (Å²) < 4.78 is 0. The summed E-state index contributed by atoms with van der Waals surface area (Å²) in [6.45, 7) is 0.204. The second-order valence-electron chi connectivity index (χ2n) is 5.79. The first-order valence-corrected chi connectivity index (χ1v) is 8.26. The third-order valence-corrected chi connectivity index (χ3v) is 3.81. The van der Waals surface area contributed by atoms with Crippen LogP contribution in [0, 0.1) is 0 Å². The van der Waals surface area contributed by atoms with Crippen molar-refractivity contribution in [3.05, 3.63) is 108 Å².